The average Bonchev–Trinajstić information content (AvgIpc) is 2.45. The van der Waals surface area contributed by atoms with Gasteiger partial charge in [-0.3, -0.25) is 14.4 Å². The smallest absolute Gasteiger partial charge is 0.133 e. The predicted octanol–water partition coefficient (Wildman–Crippen LogP) is 4.02. The summed E-state index contributed by atoms with van der Waals surface area (Å²) in [5.41, 5.74) is 0. The summed E-state index contributed by atoms with van der Waals surface area (Å²) in [5, 5.41) is 0. The molecule has 22 heavy (non-hydrogen) atoms. The van der Waals surface area contributed by atoms with Crippen LogP contribution in [0.4, 0.5) is 0 Å². The van der Waals surface area contributed by atoms with Crippen molar-refractivity contribution in [1.29, 1.82) is 0 Å². The Morgan fingerprint density at radius 1 is 0.591 bits per heavy atom. The standard InChI is InChI=1S/C17H28O4.ClH/c1-3-4-5-6-7-15(19)10-11-17(21)13-12-16(20)9-8-14(2)18;/h3-13H2,1-2H3;1H. The van der Waals surface area contributed by atoms with Crippen LogP contribution in [0.15, 0.2) is 0 Å². The first kappa shape index (κ1) is 23.2. The van der Waals surface area contributed by atoms with E-state index in [1.165, 1.54) is 6.92 Å². The Balaban J connectivity index is 0. The third-order valence-corrected chi connectivity index (χ3v) is 3.43. The van der Waals surface area contributed by atoms with Crippen LogP contribution in [0.2, 0.25) is 0 Å². The Labute approximate surface area is 139 Å². The molecule has 0 rings (SSSR count). The third-order valence-electron chi connectivity index (χ3n) is 3.43. The molecule has 0 aromatic rings. The topological polar surface area (TPSA) is 68.3 Å². The highest BCUT2D eigenvalue weighted by Crippen LogP contribution is 2.08. The third kappa shape index (κ3) is 15.4. The lowest BCUT2D eigenvalue weighted by molar-refractivity contribution is -0.126. The van der Waals surface area contributed by atoms with Crippen molar-refractivity contribution in [2.75, 3.05) is 0 Å². The van der Waals surface area contributed by atoms with Crippen molar-refractivity contribution in [3.8, 4) is 0 Å². The van der Waals surface area contributed by atoms with Crippen molar-refractivity contribution >= 4 is 35.5 Å². The maximum Gasteiger partial charge on any atom is 0.133 e. The number of carbonyl (C=O) groups is 4. The molecule has 0 saturated carbocycles. The second-order valence-electron chi connectivity index (χ2n) is 5.63. The molecule has 128 valence electrons. The molecule has 0 unspecified atom stereocenters. The van der Waals surface area contributed by atoms with Crippen molar-refractivity contribution < 1.29 is 19.2 Å². The molecule has 0 fully saturated rings. The fourth-order valence-electron chi connectivity index (χ4n) is 2.00. The molecule has 0 aliphatic rings. The number of Topliss-reactive ketones (excluding diaryl/α,β-unsaturated/α-hetero) is 4. The van der Waals surface area contributed by atoms with E-state index in [1.807, 2.05) is 0 Å². The van der Waals surface area contributed by atoms with E-state index in [1.54, 1.807) is 0 Å². The summed E-state index contributed by atoms with van der Waals surface area (Å²) in [6, 6.07) is 0. The van der Waals surface area contributed by atoms with Crippen molar-refractivity contribution in [3.05, 3.63) is 0 Å². The highest BCUT2D eigenvalue weighted by molar-refractivity contribution is 5.90. The molecule has 5 heteroatoms. The van der Waals surface area contributed by atoms with Gasteiger partial charge in [-0.25, -0.2) is 0 Å². The van der Waals surface area contributed by atoms with E-state index in [0.29, 0.717) is 12.8 Å². The van der Waals surface area contributed by atoms with Gasteiger partial charge in [-0.2, -0.15) is 0 Å². The zero-order chi connectivity index (χ0) is 16.1. The van der Waals surface area contributed by atoms with Crippen LogP contribution in [0.1, 0.15) is 84.5 Å². The molecule has 0 radical (unpaired) electrons. The molecular weight excluding hydrogens is 304 g/mol. The summed E-state index contributed by atoms with van der Waals surface area (Å²) in [4.78, 5) is 45.3. The molecule has 0 heterocycles. The fraction of sp³-hybridized carbons (Fsp3) is 0.765. The first-order chi connectivity index (χ1) is 9.95. The predicted molar refractivity (Wildman–Crippen MR) is 89.4 cm³/mol. The minimum absolute atomic E-state index is 0. The van der Waals surface area contributed by atoms with Crippen LogP contribution in [0.5, 0.6) is 0 Å². The van der Waals surface area contributed by atoms with E-state index in [2.05, 4.69) is 6.92 Å². The lowest BCUT2D eigenvalue weighted by atomic mass is 10.0. The summed E-state index contributed by atoms with van der Waals surface area (Å²) in [6.45, 7) is 3.57. The molecule has 0 aliphatic heterocycles. The lowest BCUT2D eigenvalue weighted by Crippen LogP contribution is -2.08. The SMILES string of the molecule is CCCCCCC(=O)CCC(=O)CCC(=O)CCC(C)=O.Cl. The summed E-state index contributed by atoms with van der Waals surface area (Å²) in [5.74, 6) is 0.0447. The molecule has 0 bridgehead atoms. The number of carbonyl (C=O) groups excluding carboxylic acids is 4. The molecule has 0 amide bonds. The minimum Gasteiger partial charge on any atom is -0.300 e. The maximum absolute atomic E-state index is 11.6. The van der Waals surface area contributed by atoms with Gasteiger partial charge in [-0.15, -0.1) is 12.4 Å². The minimum atomic E-state index is -0.0514. The van der Waals surface area contributed by atoms with Crippen molar-refractivity contribution in [1.82, 2.24) is 0 Å². The second kappa shape index (κ2) is 14.9. The van der Waals surface area contributed by atoms with Crippen LogP contribution in [-0.4, -0.2) is 23.1 Å². The monoisotopic (exact) mass is 332 g/mol. The number of ketones is 4. The quantitative estimate of drug-likeness (QED) is 0.450. The van der Waals surface area contributed by atoms with Gasteiger partial charge >= 0.3 is 0 Å². The summed E-state index contributed by atoms with van der Waals surface area (Å²) in [7, 11) is 0. The van der Waals surface area contributed by atoms with Gasteiger partial charge in [0.15, 0.2) is 0 Å². The first-order valence-electron chi connectivity index (χ1n) is 8.00. The Bertz CT molecular complexity index is 364. The molecule has 0 aromatic heterocycles. The van der Waals surface area contributed by atoms with Gasteiger partial charge < -0.3 is 4.79 Å². The van der Waals surface area contributed by atoms with Crippen LogP contribution in [0.3, 0.4) is 0 Å². The van der Waals surface area contributed by atoms with Crippen molar-refractivity contribution in [3.63, 3.8) is 0 Å². The molecule has 0 atom stereocenters. The highest BCUT2D eigenvalue weighted by atomic mass is 35.5. The Kier molecular flexibility index (Phi) is 15.7. The number of hydrogen-bond acceptors (Lipinski definition) is 4. The van der Waals surface area contributed by atoms with E-state index >= 15 is 0 Å². The average molecular weight is 333 g/mol. The summed E-state index contributed by atoms with van der Waals surface area (Å²) < 4.78 is 0. The zero-order valence-corrected chi connectivity index (χ0v) is 14.6. The molecule has 0 N–H and O–H groups in total. The molecule has 0 spiro atoms. The summed E-state index contributed by atoms with van der Waals surface area (Å²) in [6.07, 6.45) is 6.23. The molecule has 0 aliphatic carbocycles. The van der Waals surface area contributed by atoms with Gasteiger partial charge in [0.2, 0.25) is 0 Å². The number of unbranched alkanes of at least 4 members (excludes halogenated alkanes) is 3. The van der Waals surface area contributed by atoms with E-state index in [0.717, 1.165) is 25.7 Å². The number of halogens is 1. The number of hydrogen-bond donors (Lipinski definition) is 0. The van der Waals surface area contributed by atoms with Crippen LogP contribution in [-0.2, 0) is 19.2 Å². The molecule has 0 saturated heterocycles. The summed E-state index contributed by atoms with van der Waals surface area (Å²) >= 11 is 0. The largest absolute Gasteiger partial charge is 0.300 e. The molecular formula is C17H29ClO4. The van der Waals surface area contributed by atoms with E-state index in [4.69, 9.17) is 0 Å². The van der Waals surface area contributed by atoms with E-state index < -0.39 is 0 Å². The van der Waals surface area contributed by atoms with Gasteiger partial charge in [0.25, 0.3) is 0 Å². The van der Waals surface area contributed by atoms with Crippen molar-refractivity contribution in [2.24, 2.45) is 0 Å². The van der Waals surface area contributed by atoms with E-state index in [-0.39, 0.29) is 67.6 Å². The number of rotatable bonds is 14. The maximum atomic E-state index is 11.6. The Hall–Kier alpha value is -1.03. The normalized spacial score (nSPS) is 9.91. The van der Waals surface area contributed by atoms with Crippen LogP contribution >= 0.6 is 12.4 Å². The van der Waals surface area contributed by atoms with Gasteiger partial charge in [0, 0.05) is 44.9 Å². The van der Waals surface area contributed by atoms with Gasteiger partial charge in [0.05, 0.1) is 0 Å². The zero-order valence-electron chi connectivity index (χ0n) is 13.8. The van der Waals surface area contributed by atoms with Crippen LogP contribution < -0.4 is 0 Å². The highest BCUT2D eigenvalue weighted by Gasteiger charge is 2.10. The first-order valence-corrected chi connectivity index (χ1v) is 8.00. The fourth-order valence-corrected chi connectivity index (χ4v) is 2.00. The van der Waals surface area contributed by atoms with Crippen LogP contribution in [0.25, 0.3) is 0 Å². The lowest BCUT2D eigenvalue weighted by Gasteiger charge is -2.02. The Morgan fingerprint density at radius 3 is 1.41 bits per heavy atom. The van der Waals surface area contributed by atoms with Gasteiger partial charge in [-0.1, -0.05) is 26.2 Å². The van der Waals surface area contributed by atoms with Gasteiger partial charge in [-0.05, 0) is 13.3 Å². The molecule has 0 aromatic carbocycles. The van der Waals surface area contributed by atoms with E-state index in [9.17, 15) is 19.2 Å². The Morgan fingerprint density at radius 2 is 1.00 bits per heavy atom. The van der Waals surface area contributed by atoms with Crippen molar-refractivity contribution in [2.45, 2.75) is 84.5 Å². The second-order valence-corrected chi connectivity index (χ2v) is 5.63. The molecule has 4 nitrogen and oxygen atoms in total. The van der Waals surface area contributed by atoms with Crippen LogP contribution in [0, 0.1) is 0 Å². The van der Waals surface area contributed by atoms with Gasteiger partial charge in [0.1, 0.15) is 23.1 Å².